The zero-order valence-corrected chi connectivity index (χ0v) is 22.3. The van der Waals surface area contributed by atoms with Crippen LogP contribution in [-0.4, -0.2) is 64.1 Å². The molecule has 0 spiro atoms. The first kappa shape index (κ1) is 27.2. The molecule has 0 fully saturated rings. The molecule has 2 aromatic carbocycles. The van der Waals surface area contributed by atoms with Gasteiger partial charge in [-0.3, -0.25) is 4.21 Å². The Morgan fingerprint density at radius 1 is 1.11 bits per heavy atom. The van der Waals surface area contributed by atoms with Crippen LogP contribution in [0.4, 0.5) is 23.1 Å². The number of fused-ring (bicyclic) bond motifs is 1. The summed E-state index contributed by atoms with van der Waals surface area (Å²) in [5, 5.41) is 6.79. The lowest BCUT2D eigenvalue weighted by atomic mass is 10.0. The number of nitrogens with one attached hydrogen (secondary N) is 3. The Morgan fingerprint density at radius 3 is 2.59 bits per heavy atom. The summed E-state index contributed by atoms with van der Waals surface area (Å²) in [6.07, 6.45) is 3.37. The molecule has 37 heavy (non-hydrogen) atoms. The van der Waals surface area contributed by atoms with Gasteiger partial charge in [0.2, 0.25) is 5.95 Å². The monoisotopic (exact) mass is 545 g/mol. The maximum atomic E-state index is 10.9. The Labute approximate surface area is 224 Å². The number of ether oxygens (including phenoxy) is 2. The topological polar surface area (TPSA) is 124 Å². The molecule has 1 aliphatic rings. The van der Waals surface area contributed by atoms with Crippen molar-refractivity contribution in [2.75, 3.05) is 51.1 Å². The fourth-order valence-corrected chi connectivity index (χ4v) is 4.62. The lowest BCUT2D eigenvalue weighted by Crippen LogP contribution is -2.29. The second kappa shape index (κ2) is 13.1. The Balaban J connectivity index is 1.54. The van der Waals surface area contributed by atoms with E-state index in [2.05, 4.69) is 42.4 Å². The zero-order chi connectivity index (χ0) is 26.2. The van der Waals surface area contributed by atoms with E-state index in [4.69, 9.17) is 21.1 Å². The van der Waals surface area contributed by atoms with Crippen LogP contribution in [0.5, 0.6) is 5.75 Å². The van der Waals surface area contributed by atoms with Gasteiger partial charge in [0.05, 0.1) is 25.6 Å². The van der Waals surface area contributed by atoms with Crippen molar-refractivity contribution < 1.29 is 18.2 Å². The van der Waals surface area contributed by atoms with Crippen LogP contribution >= 0.6 is 11.6 Å². The number of para-hydroxylation sites is 1. The minimum absolute atomic E-state index is 0.127. The van der Waals surface area contributed by atoms with Crippen LogP contribution in [0.2, 0.25) is 5.02 Å². The minimum atomic E-state index is -2.37. The highest BCUT2D eigenvalue weighted by Gasteiger charge is 2.18. The summed E-state index contributed by atoms with van der Waals surface area (Å²) in [5.41, 5.74) is 4.71. The van der Waals surface area contributed by atoms with E-state index in [0.29, 0.717) is 28.2 Å². The predicted molar refractivity (Wildman–Crippen MR) is 145 cm³/mol. The van der Waals surface area contributed by atoms with Crippen molar-refractivity contribution in [2.45, 2.75) is 19.4 Å². The Bertz CT molecular complexity index is 1250. The van der Waals surface area contributed by atoms with Crippen LogP contribution in [-0.2, 0) is 35.4 Å². The van der Waals surface area contributed by atoms with Crippen LogP contribution in [0.15, 0.2) is 42.6 Å². The second-order valence-corrected chi connectivity index (χ2v) is 9.67. The van der Waals surface area contributed by atoms with Crippen LogP contribution in [0.3, 0.4) is 0 Å². The van der Waals surface area contributed by atoms with Gasteiger partial charge in [-0.15, -0.1) is 0 Å². The first-order valence-electron chi connectivity index (χ1n) is 11.8. The summed E-state index contributed by atoms with van der Waals surface area (Å²) in [6, 6.07) is 11.5. The number of anilines is 4. The van der Waals surface area contributed by atoms with Crippen molar-refractivity contribution in [2.24, 2.45) is 0 Å². The molecule has 2 heterocycles. The number of hydrogen-bond acceptors (Lipinski definition) is 9. The lowest BCUT2D eigenvalue weighted by molar-refractivity contribution is 0.150. The van der Waals surface area contributed by atoms with Gasteiger partial charge in [-0.1, -0.05) is 29.8 Å². The van der Waals surface area contributed by atoms with Crippen molar-refractivity contribution in [3.63, 3.8) is 0 Å². The smallest absolute Gasteiger partial charge is 0.229 e. The van der Waals surface area contributed by atoms with Gasteiger partial charge in [-0.25, -0.2) is 9.71 Å². The van der Waals surface area contributed by atoms with Crippen LogP contribution < -0.4 is 20.1 Å². The van der Waals surface area contributed by atoms with Gasteiger partial charge in [-0.2, -0.15) is 4.98 Å². The summed E-state index contributed by atoms with van der Waals surface area (Å²) >= 11 is 4.01. The van der Waals surface area contributed by atoms with Gasteiger partial charge in [-0.05, 0) is 47.7 Å². The molecule has 1 atom stereocenters. The molecule has 4 rings (SSSR count). The fraction of sp³-hybridized carbons (Fsp3) is 0.360. The molecule has 3 N–H and O–H groups in total. The van der Waals surface area contributed by atoms with E-state index in [0.717, 1.165) is 50.3 Å². The van der Waals surface area contributed by atoms with Crippen molar-refractivity contribution in [1.29, 1.82) is 0 Å². The molecule has 1 aromatic heterocycles. The normalized spacial score (nSPS) is 14.5. The third kappa shape index (κ3) is 7.37. The number of benzene rings is 2. The average Bonchev–Trinajstić information content (AvgIpc) is 3.10. The van der Waals surface area contributed by atoms with E-state index in [9.17, 15) is 8.76 Å². The van der Waals surface area contributed by atoms with Crippen LogP contribution in [0.25, 0.3) is 0 Å². The van der Waals surface area contributed by atoms with Gasteiger partial charge in [0.1, 0.15) is 10.8 Å². The standard InChI is InChI=1S/C25H31ClN6O4S/c1-35-12-11-32-9-7-17-13-22(23(36-2)14-18(17)8-10-32)30-25-27-16-20(26)24(31-25)29-21-6-4-3-5-19(21)15-28-37(33)34/h3-6,13-14,16,28H,7-12,15H2,1-2H3,(H,33,34)(H2,27,29,30,31)/p-1. The minimum Gasteiger partial charge on any atom is -0.760 e. The number of methoxy groups -OCH3 is 2. The van der Waals surface area contributed by atoms with E-state index >= 15 is 0 Å². The van der Waals surface area contributed by atoms with Gasteiger partial charge >= 0.3 is 0 Å². The van der Waals surface area contributed by atoms with Crippen molar-refractivity contribution in [3.8, 4) is 5.75 Å². The Morgan fingerprint density at radius 2 is 1.86 bits per heavy atom. The molecule has 1 aliphatic heterocycles. The van der Waals surface area contributed by atoms with Gasteiger partial charge in [0.25, 0.3) is 0 Å². The van der Waals surface area contributed by atoms with E-state index in [1.54, 1.807) is 14.2 Å². The first-order chi connectivity index (χ1) is 18.0. The van der Waals surface area contributed by atoms with Crippen molar-refractivity contribution in [1.82, 2.24) is 19.6 Å². The first-order valence-corrected chi connectivity index (χ1v) is 13.3. The van der Waals surface area contributed by atoms with Gasteiger partial charge < -0.3 is 29.6 Å². The second-order valence-electron chi connectivity index (χ2n) is 8.51. The number of rotatable bonds is 11. The molecule has 0 radical (unpaired) electrons. The third-order valence-electron chi connectivity index (χ3n) is 6.17. The number of aromatic nitrogens is 2. The third-order valence-corrected chi connectivity index (χ3v) is 6.83. The molecule has 10 nitrogen and oxygen atoms in total. The van der Waals surface area contributed by atoms with E-state index in [1.165, 1.54) is 17.3 Å². The van der Waals surface area contributed by atoms with Gasteiger partial charge in [0.15, 0.2) is 5.82 Å². The zero-order valence-electron chi connectivity index (χ0n) is 20.8. The molecule has 12 heteroatoms. The summed E-state index contributed by atoms with van der Waals surface area (Å²) in [5.74, 6) is 1.44. The highest BCUT2D eigenvalue weighted by atomic mass is 35.5. The molecule has 0 aliphatic carbocycles. The number of hydrogen-bond donors (Lipinski definition) is 3. The van der Waals surface area contributed by atoms with Crippen LogP contribution in [0, 0.1) is 0 Å². The molecule has 0 amide bonds. The van der Waals surface area contributed by atoms with Crippen molar-refractivity contribution in [3.05, 3.63) is 64.3 Å². The molecule has 0 saturated heterocycles. The maximum Gasteiger partial charge on any atom is 0.229 e. The Kier molecular flexibility index (Phi) is 9.67. The summed E-state index contributed by atoms with van der Waals surface area (Å²) in [6.45, 7) is 3.69. The molecular weight excluding hydrogens is 516 g/mol. The summed E-state index contributed by atoms with van der Waals surface area (Å²) in [4.78, 5) is 11.3. The SMILES string of the molecule is COCCN1CCc2cc(Nc3ncc(Cl)c(Nc4ccccc4CNS(=O)[O-])n3)c(OC)cc2CC1. The summed E-state index contributed by atoms with van der Waals surface area (Å²) in [7, 11) is 3.37. The molecule has 0 bridgehead atoms. The van der Waals surface area contributed by atoms with Gasteiger partial charge in [0, 0.05) is 50.2 Å². The molecular formula is C25H30ClN6O4S-. The highest BCUT2D eigenvalue weighted by molar-refractivity contribution is 7.77. The average molecular weight is 546 g/mol. The highest BCUT2D eigenvalue weighted by Crippen LogP contribution is 2.33. The Hall–Kier alpha value is -2.80. The predicted octanol–water partition coefficient (Wildman–Crippen LogP) is 3.56. The van der Waals surface area contributed by atoms with E-state index in [1.807, 2.05) is 24.3 Å². The molecule has 0 saturated carbocycles. The fourth-order valence-electron chi connectivity index (χ4n) is 4.21. The summed E-state index contributed by atoms with van der Waals surface area (Å²) < 4.78 is 35.2. The van der Waals surface area contributed by atoms with Crippen LogP contribution in [0.1, 0.15) is 16.7 Å². The number of nitrogens with zero attached hydrogens (tertiary/aromatic N) is 3. The largest absolute Gasteiger partial charge is 0.760 e. The maximum absolute atomic E-state index is 10.9. The molecule has 3 aromatic rings. The van der Waals surface area contributed by atoms with E-state index < -0.39 is 11.3 Å². The van der Waals surface area contributed by atoms with Crippen molar-refractivity contribution >= 4 is 46.0 Å². The lowest BCUT2D eigenvalue weighted by Gasteiger charge is -2.18. The van der Waals surface area contributed by atoms with E-state index in [-0.39, 0.29) is 6.54 Å². The quantitative estimate of drug-likeness (QED) is 0.310. The number of halogens is 1. The molecule has 1 unspecified atom stereocenters. The molecule has 198 valence electrons.